The number of anilines is 2. The maximum absolute atomic E-state index is 14.4. The van der Waals surface area contributed by atoms with Gasteiger partial charge in [0.05, 0.1) is 11.4 Å². The molecule has 1 aliphatic rings. The molecular weight excluding hydrogens is 389 g/mol. The lowest BCUT2D eigenvalue weighted by atomic mass is 10.0. The summed E-state index contributed by atoms with van der Waals surface area (Å²) in [5.41, 5.74) is 4.59. The monoisotopic (exact) mass is 411 g/mol. The number of fused-ring (bicyclic) bond motifs is 1. The Balaban J connectivity index is 1.52. The highest BCUT2D eigenvalue weighted by atomic mass is 19.1. The summed E-state index contributed by atoms with van der Waals surface area (Å²) in [6.45, 7) is 2.47. The van der Waals surface area contributed by atoms with E-state index in [4.69, 9.17) is 9.97 Å². The number of nitrogens with one attached hydrogen (secondary N) is 1. The summed E-state index contributed by atoms with van der Waals surface area (Å²) in [7, 11) is 0. The Hall–Kier alpha value is -3.64. The molecule has 5 nitrogen and oxygen atoms in total. The predicted molar refractivity (Wildman–Crippen MR) is 119 cm³/mol. The molecule has 5 rings (SSSR count). The maximum atomic E-state index is 14.4. The van der Waals surface area contributed by atoms with Crippen LogP contribution < -0.4 is 5.32 Å². The molecule has 1 aliphatic heterocycles. The summed E-state index contributed by atoms with van der Waals surface area (Å²) in [6.07, 6.45) is 4.27. The zero-order chi connectivity index (χ0) is 21.0. The van der Waals surface area contributed by atoms with Gasteiger partial charge in [-0.15, -0.1) is 0 Å². The van der Waals surface area contributed by atoms with Crippen LogP contribution in [-0.4, -0.2) is 26.4 Å². The molecule has 0 saturated heterocycles. The number of hydrogen-bond donors (Lipinski definition) is 1. The van der Waals surface area contributed by atoms with Gasteiger partial charge in [-0.2, -0.15) is 0 Å². The van der Waals surface area contributed by atoms with E-state index in [1.807, 2.05) is 24.3 Å². The number of aromatic nitrogens is 3. The predicted octanol–water partition coefficient (Wildman–Crippen LogP) is 4.98. The van der Waals surface area contributed by atoms with Crippen LogP contribution in [0.5, 0.6) is 0 Å². The van der Waals surface area contributed by atoms with E-state index in [1.165, 1.54) is 11.6 Å². The number of hydrogen-bond acceptors (Lipinski definition) is 5. The minimum absolute atomic E-state index is 0.308. The van der Waals surface area contributed by atoms with E-state index in [2.05, 4.69) is 39.5 Å². The molecule has 31 heavy (non-hydrogen) atoms. The summed E-state index contributed by atoms with van der Waals surface area (Å²) < 4.78 is 14.4. The molecule has 0 amide bonds. The first kappa shape index (κ1) is 19.3. The van der Waals surface area contributed by atoms with Crippen molar-refractivity contribution in [1.29, 1.82) is 0 Å². The Bertz CT molecular complexity index is 1180. The van der Waals surface area contributed by atoms with Crippen molar-refractivity contribution in [3.05, 3.63) is 102 Å². The van der Waals surface area contributed by atoms with E-state index < -0.39 is 0 Å². The smallest absolute Gasteiger partial charge is 0.161 e. The molecule has 6 heteroatoms. The van der Waals surface area contributed by atoms with Crippen LogP contribution in [0.1, 0.15) is 16.8 Å². The van der Waals surface area contributed by atoms with Gasteiger partial charge in [0.25, 0.3) is 0 Å². The summed E-state index contributed by atoms with van der Waals surface area (Å²) in [4.78, 5) is 16.1. The first-order chi connectivity index (χ1) is 15.3. The molecule has 2 aromatic heterocycles. The third-order valence-electron chi connectivity index (χ3n) is 5.45. The Morgan fingerprint density at radius 1 is 0.903 bits per heavy atom. The zero-order valence-corrected chi connectivity index (χ0v) is 17.0. The fourth-order valence-corrected chi connectivity index (χ4v) is 3.87. The number of benzene rings is 2. The molecule has 0 radical (unpaired) electrons. The number of rotatable bonds is 5. The fourth-order valence-electron chi connectivity index (χ4n) is 3.87. The van der Waals surface area contributed by atoms with Crippen molar-refractivity contribution in [2.75, 3.05) is 11.9 Å². The first-order valence-electron chi connectivity index (χ1n) is 10.3. The van der Waals surface area contributed by atoms with E-state index in [9.17, 15) is 4.39 Å². The van der Waals surface area contributed by atoms with Crippen LogP contribution in [0.25, 0.3) is 11.4 Å². The molecule has 0 bridgehead atoms. The second kappa shape index (κ2) is 8.62. The molecule has 0 unspecified atom stereocenters. The van der Waals surface area contributed by atoms with Crippen molar-refractivity contribution in [2.45, 2.75) is 19.5 Å². The Morgan fingerprint density at radius 3 is 2.48 bits per heavy atom. The van der Waals surface area contributed by atoms with Crippen LogP contribution in [-0.2, 0) is 19.5 Å². The number of nitrogens with zero attached hydrogens (tertiary/aromatic N) is 4. The van der Waals surface area contributed by atoms with Crippen LogP contribution in [0.4, 0.5) is 15.9 Å². The normalized spacial score (nSPS) is 13.6. The van der Waals surface area contributed by atoms with Gasteiger partial charge in [0.1, 0.15) is 11.6 Å². The van der Waals surface area contributed by atoms with Gasteiger partial charge in [0, 0.05) is 49.6 Å². The molecule has 0 saturated carbocycles. The third-order valence-corrected chi connectivity index (χ3v) is 5.45. The lowest BCUT2D eigenvalue weighted by Crippen LogP contribution is -2.31. The lowest BCUT2D eigenvalue weighted by molar-refractivity contribution is 0.243. The summed E-state index contributed by atoms with van der Waals surface area (Å²) in [5, 5.41) is 3.23. The zero-order valence-electron chi connectivity index (χ0n) is 17.0. The van der Waals surface area contributed by atoms with E-state index >= 15 is 0 Å². The maximum Gasteiger partial charge on any atom is 0.161 e. The summed E-state index contributed by atoms with van der Waals surface area (Å²) in [6, 6.07) is 20.9. The van der Waals surface area contributed by atoms with Crippen LogP contribution in [0.2, 0.25) is 0 Å². The largest absolute Gasteiger partial charge is 0.337 e. The summed E-state index contributed by atoms with van der Waals surface area (Å²) >= 11 is 0. The van der Waals surface area contributed by atoms with E-state index in [0.29, 0.717) is 23.9 Å². The van der Waals surface area contributed by atoms with Crippen molar-refractivity contribution in [3.63, 3.8) is 0 Å². The molecule has 3 heterocycles. The highest BCUT2D eigenvalue weighted by molar-refractivity contribution is 5.65. The van der Waals surface area contributed by atoms with Gasteiger partial charge in [-0.25, -0.2) is 14.4 Å². The number of pyridine rings is 1. The van der Waals surface area contributed by atoms with Crippen LogP contribution in [0.15, 0.2) is 79.1 Å². The van der Waals surface area contributed by atoms with Gasteiger partial charge in [-0.3, -0.25) is 9.88 Å². The third kappa shape index (κ3) is 4.29. The number of para-hydroxylation sites is 1. The van der Waals surface area contributed by atoms with E-state index in [0.717, 1.165) is 36.3 Å². The van der Waals surface area contributed by atoms with Gasteiger partial charge in [0.2, 0.25) is 0 Å². The Kier molecular flexibility index (Phi) is 5.37. The van der Waals surface area contributed by atoms with Gasteiger partial charge in [-0.05, 0) is 29.8 Å². The second-order valence-electron chi connectivity index (χ2n) is 7.61. The van der Waals surface area contributed by atoms with Crippen molar-refractivity contribution in [2.24, 2.45) is 0 Å². The minimum atomic E-state index is -0.308. The molecule has 2 aromatic carbocycles. The molecule has 0 atom stereocenters. The van der Waals surface area contributed by atoms with Gasteiger partial charge in [0.15, 0.2) is 5.82 Å². The minimum Gasteiger partial charge on any atom is -0.337 e. The Morgan fingerprint density at radius 2 is 1.68 bits per heavy atom. The van der Waals surface area contributed by atoms with Gasteiger partial charge < -0.3 is 5.32 Å². The average molecular weight is 411 g/mol. The SMILES string of the molecule is Fc1ccccc1Nc1nc(-c2ccncc2)nc2c1CN(Cc1ccccc1)CC2. The van der Waals surface area contributed by atoms with Crippen molar-refractivity contribution in [3.8, 4) is 11.4 Å². The molecule has 0 aliphatic carbocycles. The lowest BCUT2D eigenvalue weighted by Gasteiger charge is -2.30. The van der Waals surface area contributed by atoms with Crippen LogP contribution >= 0.6 is 0 Å². The van der Waals surface area contributed by atoms with Crippen LogP contribution in [0, 0.1) is 5.82 Å². The number of halogens is 1. The van der Waals surface area contributed by atoms with Gasteiger partial charge >= 0.3 is 0 Å². The average Bonchev–Trinajstić information content (AvgIpc) is 2.82. The molecule has 4 aromatic rings. The first-order valence-corrected chi connectivity index (χ1v) is 10.3. The highest BCUT2D eigenvalue weighted by Gasteiger charge is 2.23. The molecule has 0 fully saturated rings. The molecular formula is C25H22FN5. The van der Waals surface area contributed by atoms with Crippen molar-refractivity contribution < 1.29 is 4.39 Å². The molecule has 0 spiro atoms. The quantitative estimate of drug-likeness (QED) is 0.502. The summed E-state index contributed by atoms with van der Waals surface area (Å²) in [5.74, 6) is 0.966. The van der Waals surface area contributed by atoms with Gasteiger partial charge in [-0.1, -0.05) is 42.5 Å². The Labute approximate surface area is 180 Å². The topological polar surface area (TPSA) is 53.9 Å². The second-order valence-corrected chi connectivity index (χ2v) is 7.61. The van der Waals surface area contributed by atoms with Crippen molar-refractivity contribution in [1.82, 2.24) is 19.9 Å². The molecule has 154 valence electrons. The standard InChI is InChI=1S/C25H22FN5/c26-21-8-4-5-9-23(21)29-25-20-17-31(16-18-6-2-1-3-7-18)15-12-22(20)28-24(30-25)19-10-13-27-14-11-19/h1-11,13-14H,12,15-17H2,(H,28,29,30). The van der Waals surface area contributed by atoms with E-state index in [1.54, 1.807) is 24.5 Å². The van der Waals surface area contributed by atoms with Crippen molar-refractivity contribution >= 4 is 11.5 Å². The van der Waals surface area contributed by atoms with E-state index in [-0.39, 0.29) is 5.82 Å². The fraction of sp³-hybridized carbons (Fsp3) is 0.160. The molecule has 1 N–H and O–H groups in total. The van der Waals surface area contributed by atoms with Crippen LogP contribution in [0.3, 0.4) is 0 Å². The highest BCUT2D eigenvalue weighted by Crippen LogP contribution is 2.30.